The second-order valence-electron chi connectivity index (χ2n) is 8.39. The largest absolute Gasteiger partial charge is 0.338 e. The molecule has 3 atom stereocenters. The van der Waals surface area contributed by atoms with Crippen molar-refractivity contribution in [1.29, 1.82) is 0 Å². The Morgan fingerprint density at radius 1 is 1.07 bits per heavy atom. The van der Waals surface area contributed by atoms with Gasteiger partial charge in [0, 0.05) is 18.8 Å². The van der Waals surface area contributed by atoms with Gasteiger partial charge in [0.05, 0.1) is 11.8 Å². The first-order valence-corrected chi connectivity index (χ1v) is 11.0. The van der Waals surface area contributed by atoms with E-state index in [4.69, 9.17) is 0 Å². The molecule has 2 amide bonds. The first kappa shape index (κ1) is 20.4. The molecule has 30 heavy (non-hydrogen) atoms. The number of hydrogen-bond donors (Lipinski definition) is 1. The van der Waals surface area contributed by atoms with E-state index in [2.05, 4.69) is 30.4 Å². The number of nitrogens with zero attached hydrogens (tertiary/aromatic N) is 1. The lowest BCUT2D eigenvalue weighted by Gasteiger charge is -2.44. The molecule has 156 valence electrons. The van der Waals surface area contributed by atoms with Crippen molar-refractivity contribution in [3.8, 4) is 0 Å². The molecule has 0 spiro atoms. The van der Waals surface area contributed by atoms with E-state index >= 15 is 0 Å². The van der Waals surface area contributed by atoms with E-state index in [9.17, 15) is 9.59 Å². The average molecular weight is 403 g/mol. The Morgan fingerprint density at radius 2 is 1.77 bits per heavy atom. The van der Waals surface area contributed by atoms with Crippen LogP contribution in [0.25, 0.3) is 0 Å². The fraction of sp³-hybridized carbons (Fsp3) is 0.385. The highest BCUT2D eigenvalue weighted by Crippen LogP contribution is 2.43. The molecule has 2 aliphatic rings. The number of para-hydroxylation sites is 1. The quantitative estimate of drug-likeness (QED) is 0.689. The molecule has 4 rings (SSSR count). The molecule has 1 N–H and O–H groups in total. The molecule has 0 radical (unpaired) electrons. The molecule has 0 aromatic heterocycles. The summed E-state index contributed by atoms with van der Waals surface area (Å²) in [5, 5.41) is 3.04. The lowest BCUT2D eigenvalue weighted by Crippen LogP contribution is -2.51. The van der Waals surface area contributed by atoms with Crippen molar-refractivity contribution in [3.63, 3.8) is 0 Å². The number of amides is 2. The molecule has 3 unspecified atom stereocenters. The highest BCUT2D eigenvalue weighted by molar-refractivity contribution is 5.97. The molecule has 4 nitrogen and oxygen atoms in total. The third kappa shape index (κ3) is 4.33. The van der Waals surface area contributed by atoms with Crippen LogP contribution in [0.1, 0.15) is 38.2 Å². The van der Waals surface area contributed by atoms with Gasteiger partial charge in [-0.15, -0.1) is 0 Å². The van der Waals surface area contributed by atoms with E-state index in [-0.39, 0.29) is 29.6 Å². The van der Waals surface area contributed by atoms with Crippen molar-refractivity contribution >= 4 is 17.5 Å². The fourth-order valence-corrected chi connectivity index (χ4v) is 4.98. The van der Waals surface area contributed by atoms with Gasteiger partial charge in [-0.05, 0) is 42.9 Å². The van der Waals surface area contributed by atoms with Crippen LogP contribution in [0.5, 0.6) is 0 Å². The normalized spacial score (nSPS) is 23.5. The number of nitrogens with one attached hydrogen (secondary N) is 1. The van der Waals surface area contributed by atoms with Gasteiger partial charge in [-0.25, -0.2) is 0 Å². The maximum Gasteiger partial charge on any atom is 0.228 e. The predicted molar refractivity (Wildman–Crippen MR) is 120 cm³/mol. The number of carbonyl (C=O) groups is 2. The minimum absolute atomic E-state index is 0.0436. The van der Waals surface area contributed by atoms with Crippen LogP contribution in [-0.4, -0.2) is 23.3 Å². The summed E-state index contributed by atoms with van der Waals surface area (Å²) in [7, 11) is 0. The van der Waals surface area contributed by atoms with Crippen LogP contribution in [0.3, 0.4) is 0 Å². The van der Waals surface area contributed by atoms with Crippen molar-refractivity contribution in [2.45, 2.75) is 39.2 Å². The zero-order valence-corrected chi connectivity index (χ0v) is 17.6. The summed E-state index contributed by atoms with van der Waals surface area (Å²) >= 11 is 0. The number of anilines is 1. The van der Waals surface area contributed by atoms with Gasteiger partial charge in [-0.3, -0.25) is 9.59 Å². The van der Waals surface area contributed by atoms with Crippen LogP contribution < -0.4 is 5.32 Å². The van der Waals surface area contributed by atoms with E-state index in [1.54, 1.807) is 0 Å². The van der Waals surface area contributed by atoms with E-state index in [0.29, 0.717) is 13.0 Å². The SMILES string of the molecule is CCCC1=CCC(C(=O)Nc2ccccc2)C2C(=O)N(Cc3ccccc3)CCC12. The van der Waals surface area contributed by atoms with E-state index in [1.165, 1.54) is 5.57 Å². The number of allylic oxidation sites excluding steroid dienone is 2. The number of hydrogen-bond acceptors (Lipinski definition) is 2. The van der Waals surface area contributed by atoms with Crippen molar-refractivity contribution in [1.82, 2.24) is 4.90 Å². The Balaban J connectivity index is 1.57. The highest BCUT2D eigenvalue weighted by atomic mass is 16.2. The standard InChI is InChI=1S/C26H30N2O2/c1-2-9-20-14-15-23(25(29)27-21-12-7-4-8-13-21)24-22(20)16-17-28(26(24)30)18-19-10-5-3-6-11-19/h3-8,10-14,22-24H,2,9,15-18H2,1H3,(H,27,29). The van der Waals surface area contributed by atoms with Gasteiger partial charge in [0.1, 0.15) is 0 Å². The number of carbonyl (C=O) groups excluding carboxylic acids is 2. The molecule has 0 saturated carbocycles. The van der Waals surface area contributed by atoms with Crippen LogP contribution in [0.4, 0.5) is 5.69 Å². The topological polar surface area (TPSA) is 49.4 Å². The van der Waals surface area contributed by atoms with Crippen molar-refractivity contribution < 1.29 is 9.59 Å². The molecular weight excluding hydrogens is 372 g/mol. The second kappa shape index (κ2) is 9.29. The van der Waals surface area contributed by atoms with Gasteiger partial charge in [-0.2, -0.15) is 0 Å². The van der Waals surface area contributed by atoms with Gasteiger partial charge < -0.3 is 10.2 Å². The first-order chi connectivity index (χ1) is 14.7. The monoisotopic (exact) mass is 402 g/mol. The van der Waals surface area contributed by atoms with Crippen LogP contribution in [-0.2, 0) is 16.1 Å². The summed E-state index contributed by atoms with van der Waals surface area (Å²) < 4.78 is 0. The maximum absolute atomic E-state index is 13.6. The Hall–Kier alpha value is -2.88. The second-order valence-corrected chi connectivity index (χ2v) is 8.39. The molecule has 2 aromatic rings. The van der Waals surface area contributed by atoms with Crippen LogP contribution in [0.15, 0.2) is 72.3 Å². The van der Waals surface area contributed by atoms with E-state index in [1.807, 2.05) is 53.4 Å². The summed E-state index contributed by atoms with van der Waals surface area (Å²) in [5.74, 6) is -0.313. The minimum atomic E-state index is -0.318. The highest BCUT2D eigenvalue weighted by Gasteiger charge is 2.46. The lowest BCUT2D eigenvalue weighted by atomic mass is 9.67. The van der Waals surface area contributed by atoms with Crippen LogP contribution >= 0.6 is 0 Å². The van der Waals surface area contributed by atoms with Crippen LogP contribution in [0.2, 0.25) is 0 Å². The van der Waals surface area contributed by atoms with Gasteiger partial charge in [0.25, 0.3) is 0 Å². The molecule has 0 bridgehead atoms. The number of piperidine rings is 1. The number of benzene rings is 2. The summed E-state index contributed by atoms with van der Waals surface area (Å²) in [6.07, 6.45) is 5.89. The number of likely N-dealkylation sites (tertiary alicyclic amines) is 1. The third-order valence-corrected chi connectivity index (χ3v) is 6.42. The molecular formula is C26H30N2O2. The van der Waals surface area contributed by atoms with Crippen molar-refractivity contribution in [3.05, 3.63) is 77.9 Å². The van der Waals surface area contributed by atoms with Crippen molar-refractivity contribution in [2.75, 3.05) is 11.9 Å². The Bertz CT molecular complexity index is 907. The van der Waals surface area contributed by atoms with Gasteiger partial charge >= 0.3 is 0 Å². The number of fused-ring (bicyclic) bond motifs is 1. The van der Waals surface area contributed by atoms with E-state index in [0.717, 1.165) is 37.1 Å². The molecule has 1 heterocycles. The Labute approximate surface area is 179 Å². The average Bonchev–Trinajstić information content (AvgIpc) is 2.77. The van der Waals surface area contributed by atoms with Gasteiger partial charge in [0.15, 0.2) is 0 Å². The fourth-order valence-electron chi connectivity index (χ4n) is 4.98. The Kier molecular flexibility index (Phi) is 6.32. The zero-order valence-electron chi connectivity index (χ0n) is 17.6. The van der Waals surface area contributed by atoms with Gasteiger partial charge in [0.2, 0.25) is 11.8 Å². The van der Waals surface area contributed by atoms with Crippen molar-refractivity contribution in [2.24, 2.45) is 17.8 Å². The van der Waals surface area contributed by atoms with E-state index < -0.39 is 0 Å². The molecule has 2 aromatic carbocycles. The summed E-state index contributed by atoms with van der Waals surface area (Å²) in [5.41, 5.74) is 3.29. The minimum Gasteiger partial charge on any atom is -0.338 e. The summed E-state index contributed by atoms with van der Waals surface area (Å²) in [6, 6.07) is 19.6. The van der Waals surface area contributed by atoms with Gasteiger partial charge in [-0.1, -0.05) is 73.5 Å². The smallest absolute Gasteiger partial charge is 0.228 e. The third-order valence-electron chi connectivity index (χ3n) is 6.42. The predicted octanol–water partition coefficient (Wildman–Crippen LogP) is 5.04. The zero-order chi connectivity index (χ0) is 20.9. The molecule has 4 heteroatoms. The first-order valence-electron chi connectivity index (χ1n) is 11.0. The molecule has 1 aliphatic heterocycles. The lowest BCUT2D eigenvalue weighted by molar-refractivity contribution is -0.147. The maximum atomic E-state index is 13.6. The molecule has 1 fully saturated rings. The molecule has 1 saturated heterocycles. The summed E-state index contributed by atoms with van der Waals surface area (Å²) in [4.78, 5) is 28.7. The Morgan fingerprint density at radius 3 is 2.47 bits per heavy atom. The summed E-state index contributed by atoms with van der Waals surface area (Å²) in [6.45, 7) is 3.54. The molecule has 1 aliphatic carbocycles. The number of rotatable bonds is 6. The van der Waals surface area contributed by atoms with Crippen LogP contribution in [0, 0.1) is 17.8 Å².